The second-order valence-electron chi connectivity index (χ2n) is 6.84. The van der Waals surface area contributed by atoms with Crippen LogP contribution in [0.3, 0.4) is 0 Å². The third kappa shape index (κ3) is 9.15. The lowest BCUT2D eigenvalue weighted by molar-refractivity contribution is -0.115. The van der Waals surface area contributed by atoms with Gasteiger partial charge in [0.2, 0.25) is 5.91 Å². The number of benzene rings is 2. The molecule has 0 bridgehead atoms. The van der Waals surface area contributed by atoms with Crippen LogP contribution >= 0.6 is 0 Å². The summed E-state index contributed by atoms with van der Waals surface area (Å²) < 4.78 is 24.9. The molecular weight excluding hydrogens is 413 g/mol. The highest BCUT2D eigenvalue weighted by Crippen LogP contribution is 2.31. The van der Waals surface area contributed by atoms with Crippen LogP contribution in [0.15, 0.2) is 48.7 Å². The molecule has 2 aromatic rings. The van der Waals surface area contributed by atoms with Crippen molar-refractivity contribution in [1.29, 1.82) is 5.41 Å². The Morgan fingerprint density at radius 3 is 2.44 bits per heavy atom. The maximum atomic E-state index is 14.3. The Morgan fingerprint density at radius 2 is 1.94 bits per heavy atom. The molecule has 0 aliphatic carbocycles. The summed E-state index contributed by atoms with van der Waals surface area (Å²) in [5, 5.41) is 12.6. The van der Waals surface area contributed by atoms with Gasteiger partial charge in [-0.05, 0) is 39.3 Å². The maximum Gasteiger partial charge on any atom is 0.238 e. The predicted molar refractivity (Wildman–Crippen MR) is 127 cm³/mol. The van der Waals surface area contributed by atoms with E-state index in [9.17, 15) is 9.18 Å². The number of carbonyl (C=O) groups excluding carboxylic acids is 1. The van der Waals surface area contributed by atoms with E-state index < -0.39 is 5.82 Å². The molecule has 0 heterocycles. The van der Waals surface area contributed by atoms with Gasteiger partial charge < -0.3 is 36.2 Å². The third-order valence-electron chi connectivity index (χ3n) is 4.10. The molecule has 0 saturated carbocycles. The zero-order valence-corrected chi connectivity index (χ0v) is 18.9. The summed E-state index contributed by atoms with van der Waals surface area (Å²) in [6.07, 6.45) is 2.11. The Balaban J connectivity index is 0.000000533. The first kappa shape index (κ1) is 26.6. The van der Waals surface area contributed by atoms with Crippen molar-refractivity contribution in [3.8, 4) is 11.5 Å². The number of anilines is 1. The minimum atomic E-state index is -0.602. The number of nitrogens with two attached hydrogens (primary N) is 1. The number of likely N-dealkylation sites (N-methyl/N-ethyl adjacent to an activating group) is 2. The molecule has 8 nitrogen and oxygen atoms in total. The largest absolute Gasteiger partial charge is 0.497 e. The normalized spacial score (nSPS) is 10.8. The van der Waals surface area contributed by atoms with Crippen LogP contribution < -0.4 is 25.8 Å². The van der Waals surface area contributed by atoms with Gasteiger partial charge in [-0.15, -0.1) is 0 Å². The molecule has 0 unspecified atom stereocenters. The first-order valence-electron chi connectivity index (χ1n) is 9.93. The van der Waals surface area contributed by atoms with Crippen molar-refractivity contribution in [1.82, 2.24) is 10.2 Å². The van der Waals surface area contributed by atoms with Crippen LogP contribution in [0.2, 0.25) is 0 Å². The fraction of sp³-hybridized carbons (Fsp3) is 0.304. The Morgan fingerprint density at radius 1 is 1.25 bits per heavy atom. The number of hydrogen-bond acceptors (Lipinski definition) is 7. The summed E-state index contributed by atoms with van der Waals surface area (Å²) in [6, 6.07) is 12.3. The lowest BCUT2D eigenvalue weighted by Crippen LogP contribution is -2.26. The second kappa shape index (κ2) is 14.6. The molecule has 0 fully saturated rings. The number of methoxy groups -OCH3 is 1. The van der Waals surface area contributed by atoms with Gasteiger partial charge in [0, 0.05) is 36.2 Å². The van der Waals surface area contributed by atoms with E-state index in [0.717, 1.165) is 18.2 Å². The Labute approximate surface area is 188 Å². The molecule has 2 aromatic carbocycles. The van der Waals surface area contributed by atoms with Gasteiger partial charge in [0.05, 0.1) is 19.3 Å². The second-order valence-corrected chi connectivity index (χ2v) is 6.84. The van der Waals surface area contributed by atoms with Crippen LogP contribution in [-0.2, 0) is 4.79 Å². The van der Waals surface area contributed by atoms with Crippen LogP contribution in [0.1, 0.15) is 5.56 Å². The quantitative estimate of drug-likeness (QED) is 0.418. The number of halogens is 1. The lowest BCUT2D eigenvalue weighted by atomic mass is 10.1. The standard InChI is InChI=1S/C16H24FN5O2.C7H8O/c1-20-10-16(23)21-14-7-13(17)12(11(8-18)9-19)6-15(14)24-5-4-22(2)3;1-8-7-5-3-2-4-6-7/h6-9,18,20H,4-5,10,19H2,1-3H3,(H,21,23);2-6H,1H3/b11-9+,18-8?;. The van der Waals surface area contributed by atoms with E-state index in [1.165, 1.54) is 12.1 Å². The van der Waals surface area contributed by atoms with E-state index in [-0.39, 0.29) is 29.3 Å². The molecule has 5 N–H and O–H groups in total. The number of allylic oxidation sites excluding steroid dienone is 1. The van der Waals surface area contributed by atoms with E-state index in [0.29, 0.717) is 18.9 Å². The molecule has 0 spiro atoms. The first-order chi connectivity index (χ1) is 15.4. The van der Waals surface area contributed by atoms with Gasteiger partial charge in [0.25, 0.3) is 0 Å². The van der Waals surface area contributed by atoms with Crippen LogP contribution in [0.25, 0.3) is 5.57 Å². The van der Waals surface area contributed by atoms with Gasteiger partial charge in [0.1, 0.15) is 23.9 Å². The number of carbonyl (C=O) groups is 1. The summed E-state index contributed by atoms with van der Waals surface area (Å²) in [5.41, 5.74) is 6.02. The Kier molecular flexibility index (Phi) is 12.1. The van der Waals surface area contributed by atoms with E-state index >= 15 is 0 Å². The number of nitrogens with one attached hydrogen (secondary N) is 3. The summed E-state index contributed by atoms with van der Waals surface area (Å²) in [7, 11) is 7.11. The number of hydrogen-bond donors (Lipinski definition) is 4. The molecule has 0 aromatic heterocycles. The number of rotatable bonds is 10. The first-order valence-corrected chi connectivity index (χ1v) is 9.93. The monoisotopic (exact) mass is 445 g/mol. The Bertz CT molecular complexity index is 889. The van der Waals surface area contributed by atoms with Crippen molar-refractivity contribution in [2.45, 2.75) is 0 Å². The van der Waals surface area contributed by atoms with E-state index in [4.69, 9.17) is 20.6 Å². The molecule has 0 atom stereocenters. The molecule has 0 aliphatic rings. The fourth-order valence-corrected chi connectivity index (χ4v) is 2.46. The van der Waals surface area contributed by atoms with Crippen molar-refractivity contribution < 1.29 is 18.7 Å². The number of amides is 1. The molecule has 0 aliphatic heterocycles. The SMILES string of the molecule is CNCC(=O)Nc1cc(F)c(/C(C=N)=C/N)cc1OCCN(C)C.COc1ccccc1. The van der Waals surface area contributed by atoms with Gasteiger partial charge in [-0.1, -0.05) is 18.2 Å². The smallest absolute Gasteiger partial charge is 0.238 e. The maximum absolute atomic E-state index is 14.3. The van der Waals surface area contributed by atoms with Crippen LogP contribution in [0.4, 0.5) is 10.1 Å². The average molecular weight is 446 g/mol. The minimum Gasteiger partial charge on any atom is -0.497 e. The van der Waals surface area contributed by atoms with Crippen LogP contribution in [-0.4, -0.2) is 65.0 Å². The fourth-order valence-electron chi connectivity index (χ4n) is 2.46. The number of nitrogens with zero attached hydrogens (tertiary/aromatic N) is 1. The van der Waals surface area contributed by atoms with Crippen LogP contribution in [0, 0.1) is 11.2 Å². The lowest BCUT2D eigenvalue weighted by Gasteiger charge is -2.16. The Hall–Kier alpha value is -3.43. The van der Waals surface area contributed by atoms with Crippen molar-refractivity contribution in [3.05, 3.63) is 60.0 Å². The van der Waals surface area contributed by atoms with Gasteiger partial charge in [-0.2, -0.15) is 0 Å². The predicted octanol–water partition coefficient (Wildman–Crippen LogP) is 2.57. The topological polar surface area (TPSA) is 113 Å². The van der Waals surface area contributed by atoms with Crippen molar-refractivity contribution >= 4 is 23.4 Å². The number of para-hydroxylation sites is 1. The van der Waals surface area contributed by atoms with Crippen molar-refractivity contribution in [2.75, 3.05) is 53.3 Å². The summed E-state index contributed by atoms with van der Waals surface area (Å²) in [4.78, 5) is 13.7. The van der Waals surface area contributed by atoms with E-state index in [1.54, 1.807) is 14.2 Å². The zero-order chi connectivity index (χ0) is 23.9. The molecule has 0 radical (unpaired) electrons. The van der Waals surface area contributed by atoms with Gasteiger partial charge in [0.15, 0.2) is 0 Å². The third-order valence-corrected chi connectivity index (χ3v) is 4.10. The summed E-state index contributed by atoms with van der Waals surface area (Å²) in [5.74, 6) is 0.310. The summed E-state index contributed by atoms with van der Waals surface area (Å²) >= 11 is 0. The average Bonchev–Trinajstić information content (AvgIpc) is 2.78. The van der Waals surface area contributed by atoms with E-state index in [2.05, 4.69) is 10.6 Å². The highest BCUT2D eigenvalue weighted by atomic mass is 19.1. The van der Waals surface area contributed by atoms with Crippen molar-refractivity contribution in [2.24, 2.45) is 5.73 Å². The van der Waals surface area contributed by atoms with Gasteiger partial charge in [-0.25, -0.2) is 4.39 Å². The molecule has 0 saturated heterocycles. The zero-order valence-electron chi connectivity index (χ0n) is 18.9. The number of ether oxygens (including phenoxy) is 2. The van der Waals surface area contributed by atoms with E-state index in [1.807, 2.05) is 49.3 Å². The molecule has 174 valence electrons. The van der Waals surface area contributed by atoms with Crippen LogP contribution in [0.5, 0.6) is 11.5 Å². The van der Waals surface area contributed by atoms with Crippen molar-refractivity contribution in [3.63, 3.8) is 0 Å². The highest BCUT2D eigenvalue weighted by Gasteiger charge is 2.15. The summed E-state index contributed by atoms with van der Waals surface area (Å²) in [6.45, 7) is 1.11. The molecule has 1 amide bonds. The van der Waals surface area contributed by atoms with Gasteiger partial charge in [-0.3, -0.25) is 4.79 Å². The van der Waals surface area contributed by atoms with Gasteiger partial charge >= 0.3 is 0 Å². The molecule has 9 heteroatoms. The highest BCUT2D eigenvalue weighted by molar-refractivity contribution is 6.08. The molecular formula is C23H32FN5O3. The minimum absolute atomic E-state index is 0.0922. The molecule has 2 rings (SSSR count). The molecule has 32 heavy (non-hydrogen) atoms.